The van der Waals surface area contributed by atoms with Gasteiger partial charge >= 0.3 is 5.97 Å². The molecule has 5 heteroatoms. The van der Waals surface area contributed by atoms with E-state index in [4.69, 9.17) is 0 Å². The lowest BCUT2D eigenvalue weighted by molar-refractivity contribution is -0.437. The van der Waals surface area contributed by atoms with E-state index in [0.717, 1.165) is 0 Å². The number of carbonyl (C=O) groups is 1. The minimum atomic E-state index is -0.377. The van der Waals surface area contributed by atoms with Crippen LogP contribution >= 0.6 is 0 Å². The van der Waals surface area contributed by atoms with Gasteiger partial charge in [-0.1, -0.05) is 0 Å². The molecule has 0 amide bonds. The number of carbonyl (C=O) groups excluding carboxylic acids is 1. The Morgan fingerprint density at radius 1 is 1.50 bits per heavy atom. The molecule has 0 aromatic carbocycles. The Balaban J connectivity index is 2.48. The number of rotatable bonds is 3. The Morgan fingerprint density at radius 3 is 2.43 bits per heavy atom. The van der Waals surface area contributed by atoms with Crippen molar-refractivity contribution in [1.82, 2.24) is 0 Å². The fraction of sp³-hybridized carbons (Fsp3) is 0.667. The lowest BCUT2D eigenvalue weighted by atomic mass is 9.73. The van der Waals surface area contributed by atoms with Gasteiger partial charge in [-0.25, -0.2) is 0 Å². The molecule has 0 aromatic heterocycles. The molecule has 1 aliphatic carbocycles. The molecule has 1 fully saturated rings. The second-order valence-electron chi connectivity index (χ2n) is 3.36. The van der Waals surface area contributed by atoms with Crippen LogP contribution in [0.2, 0.25) is 0 Å². The van der Waals surface area contributed by atoms with Crippen LogP contribution in [-0.2, 0) is 9.53 Å². The van der Waals surface area contributed by atoms with Crippen molar-refractivity contribution in [3.8, 4) is 0 Å². The van der Waals surface area contributed by atoms with Crippen LogP contribution in [0.4, 0.5) is 0 Å². The summed E-state index contributed by atoms with van der Waals surface area (Å²) in [6.07, 6.45) is 2.57. The zero-order chi connectivity index (χ0) is 10.7. The van der Waals surface area contributed by atoms with Crippen LogP contribution in [0.1, 0.15) is 19.8 Å². The van der Waals surface area contributed by atoms with Gasteiger partial charge in [0.2, 0.25) is 5.70 Å². The second-order valence-corrected chi connectivity index (χ2v) is 3.36. The number of hydrogen-bond acceptors (Lipinski definition) is 4. The van der Waals surface area contributed by atoms with E-state index in [1.165, 1.54) is 13.2 Å². The van der Waals surface area contributed by atoms with Gasteiger partial charge in [0.15, 0.2) is 0 Å². The van der Waals surface area contributed by atoms with Gasteiger partial charge in [0.25, 0.3) is 0 Å². The van der Waals surface area contributed by atoms with Crippen LogP contribution < -0.4 is 0 Å². The molecule has 0 heterocycles. The highest BCUT2D eigenvalue weighted by Crippen LogP contribution is 2.39. The number of nitro groups is 1. The van der Waals surface area contributed by atoms with Crippen molar-refractivity contribution >= 4 is 5.97 Å². The number of hydrogen-bond donors (Lipinski definition) is 0. The van der Waals surface area contributed by atoms with Gasteiger partial charge in [0, 0.05) is 0 Å². The Labute approximate surface area is 81.9 Å². The van der Waals surface area contributed by atoms with E-state index in [0.29, 0.717) is 12.8 Å². The average molecular weight is 199 g/mol. The molecular weight excluding hydrogens is 186 g/mol. The third-order valence-corrected chi connectivity index (χ3v) is 2.60. The maximum absolute atomic E-state index is 11.0. The fourth-order valence-corrected chi connectivity index (χ4v) is 1.71. The largest absolute Gasteiger partial charge is 0.469 e. The second kappa shape index (κ2) is 4.21. The number of allylic oxidation sites excluding steroid dienone is 2. The van der Waals surface area contributed by atoms with Gasteiger partial charge in [0.05, 0.1) is 23.9 Å². The van der Waals surface area contributed by atoms with Gasteiger partial charge < -0.3 is 4.74 Å². The van der Waals surface area contributed by atoms with Crippen molar-refractivity contribution in [2.45, 2.75) is 19.8 Å². The third kappa shape index (κ3) is 1.92. The molecule has 0 radical (unpaired) electrons. The van der Waals surface area contributed by atoms with Gasteiger partial charge in [-0.2, -0.15) is 0 Å². The normalized spacial score (nSPS) is 26.6. The Bertz CT molecular complexity index is 279. The molecule has 1 aliphatic rings. The molecule has 0 aliphatic heterocycles. The molecule has 78 valence electrons. The standard InChI is InChI=1S/C9H13NO4/c1-3-8(10(12)13)6-4-7(5-6)9(11)14-2/h3,6-7H,4-5H2,1-2H3. The van der Waals surface area contributed by atoms with Crippen LogP contribution in [-0.4, -0.2) is 18.0 Å². The zero-order valence-electron chi connectivity index (χ0n) is 8.23. The minimum absolute atomic E-state index is 0.0842. The van der Waals surface area contributed by atoms with E-state index in [1.807, 2.05) is 0 Å². The van der Waals surface area contributed by atoms with Crippen molar-refractivity contribution in [1.29, 1.82) is 0 Å². The monoisotopic (exact) mass is 199 g/mol. The maximum atomic E-state index is 11.0. The molecule has 0 N–H and O–H groups in total. The van der Waals surface area contributed by atoms with Gasteiger partial charge in [-0.15, -0.1) is 0 Å². The predicted molar refractivity (Wildman–Crippen MR) is 49.0 cm³/mol. The molecule has 1 rings (SSSR count). The van der Waals surface area contributed by atoms with E-state index in [9.17, 15) is 14.9 Å². The summed E-state index contributed by atoms with van der Waals surface area (Å²) in [6.45, 7) is 1.64. The molecule has 1 saturated carbocycles. The van der Waals surface area contributed by atoms with Gasteiger partial charge in [-0.3, -0.25) is 14.9 Å². The maximum Gasteiger partial charge on any atom is 0.308 e. The quantitative estimate of drug-likeness (QED) is 0.391. The SMILES string of the molecule is CC=C(C1CC(C(=O)OC)C1)[N+](=O)[O-]. The number of esters is 1. The van der Waals surface area contributed by atoms with E-state index in [2.05, 4.69) is 4.74 Å². The molecule has 0 bridgehead atoms. The smallest absolute Gasteiger partial charge is 0.308 e. The van der Waals surface area contributed by atoms with E-state index >= 15 is 0 Å². The highest BCUT2D eigenvalue weighted by atomic mass is 16.6. The highest BCUT2D eigenvalue weighted by Gasteiger charge is 2.41. The molecule has 14 heavy (non-hydrogen) atoms. The summed E-state index contributed by atoms with van der Waals surface area (Å²) in [5.74, 6) is -0.501. The molecule has 0 saturated heterocycles. The minimum Gasteiger partial charge on any atom is -0.469 e. The van der Waals surface area contributed by atoms with Crippen LogP contribution in [0.25, 0.3) is 0 Å². The van der Waals surface area contributed by atoms with Gasteiger partial charge in [0.1, 0.15) is 0 Å². The third-order valence-electron chi connectivity index (χ3n) is 2.60. The molecular formula is C9H13NO4. The van der Waals surface area contributed by atoms with Crippen molar-refractivity contribution in [2.24, 2.45) is 11.8 Å². The summed E-state index contributed by atoms with van der Waals surface area (Å²) in [5.41, 5.74) is 0.213. The molecule has 0 atom stereocenters. The summed E-state index contributed by atoms with van der Waals surface area (Å²) in [7, 11) is 1.33. The molecule has 0 unspecified atom stereocenters. The van der Waals surface area contributed by atoms with Crippen LogP contribution in [0.3, 0.4) is 0 Å². The van der Waals surface area contributed by atoms with Crippen LogP contribution in [0.15, 0.2) is 11.8 Å². The van der Waals surface area contributed by atoms with Crippen molar-refractivity contribution in [2.75, 3.05) is 7.11 Å². The fourth-order valence-electron chi connectivity index (χ4n) is 1.71. The molecule has 5 nitrogen and oxygen atoms in total. The van der Waals surface area contributed by atoms with Gasteiger partial charge in [-0.05, 0) is 25.8 Å². The number of ether oxygens (including phenoxy) is 1. The summed E-state index contributed by atoms with van der Waals surface area (Å²) in [4.78, 5) is 21.2. The molecule has 0 spiro atoms. The van der Waals surface area contributed by atoms with Crippen LogP contribution in [0.5, 0.6) is 0 Å². The lowest BCUT2D eigenvalue weighted by Crippen LogP contribution is -2.34. The van der Waals surface area contributed by atoms with E-state index < -0.39 is 0 Å². The average Bonchev–Trinajstić information content (AvgIpc) is 2.08. The Hall–Kier alpha value is -1.39. The van der Waals surface area contributed by atoms with Crippen LogP contribution in [0, 0.1) is 22.0 Å². The summed E-state index contributed by atoms with van der Waals surface area (Å²) < 4.78 is 4.55. The first kappa shape index (κ1) is 10.7. The first-order valence-electron chi connectivity index (χ1n) is 4.48. The topological polar surface area (TPSA) is 69.4 Å². The van der Waals surface area contributed by atoms with E-state index in [1.54, 1.807) is 6.92 Å². The Morgan fingerprint density at radius 2 is 2.07 bits per heavy atom. The first-order chi connectivity index (χ1) is 6.60. The highest BCUT2D eigenvalue weighted by molar-refractivity contribution is 5.73. The molecule has 0 aromatic rings. The number of methoxy groups -OCH3 is 1. The zero-order valence-corrected chi connectivity index (χ0v) is 8.23. The van der Waals surface area contributed by atoms with E-state index in [-0.39, 0.29) is 28.4 Å². The predicted octanol–water partition coefficient (Wildman–Crippen LogP) is 1.37. The van der Waals surface area contributed by atoms with Crippen molar-refractivity contribution in [3.05, 3.63) is 21.9 Å². The first-order valence-corrected chi connectivity index (χ1v) is 4.48. The summed E-state index contributed by atoms with van der Waals surface area (Å²) in [6, 6.07) is 0. The van der Waals surface area contributed by atoms with Crippen molar-refractivity contribution < 1.29 is 14.5 Å². The van der Waals surface area contributed by atoms with Crippen molar-refractivity contribution in [3.63, 3.8) is 0 Å². The summed E-state index contributed by atoms with van der Waals surface area (Å²) in [5, 5.41) is 10.5. The number of nitrogens with zero attached hydrogens (tertiary/aromatic N) is 1. The lowest BCUT2D eigenvalue weighted by Gasteiger charge is -2.30. The summed E-state index contributed by atoms with van der Waals surface area (Å²) >= 11 is 0. The Kier molecular flexibility index (Phi) is 3.22.